The summed E-state index contributed by atoms with van der Waals surface area (Å²) in [5, 5.41) is 3.89. The Morgan fingerprint density at radius 1 is 1.26 bits per heavy atom. The Hall–Kier alpha value is -0.930. The molecule has 0 spiro atoms. The third kappa shape index (κ3) is 3.15. The molecule has 0 heterocycles. The largest absolute Gasteiger partial charge is 0.495 e. The Morgan fingerprint density at radius 2 is 1.89 bits per heavy atom. The molecule has 1 unspecified atom stereocenters. The maximum atomic E-state index is 6.33. The van der Waals surface area contributed by atoms with Crippen LogP contribution in [0.1, 0.15) is 38.8 Å². The van der Waals surface area contributed by atoms with Crippen LogP contribution in [0.2, 0.25) is 5.02 Å². The second-order valence-electron chi connectivity index (χ2n) is 5.27. The van der Waals surface area contributed by atoms with Gasteiger partial charge in [0.15, 0.2) is 0 Å². The average Bonchev–Trinajstić information content (AvgIpc) is 2.39. The molecule has 0 aliphatic carbocycles. The Morgan fingerprint density at radius 3 is 2.32 bits per heavy atom. The molecule has 1 atom stereocenters. The van der Waals surface area contributed by atoms with Crippen molar-refractivity contribution in [1.82, 2.24) is 5.32 Å². The van der Waals surface area contributed by atoms with E-state index < -0.39 is 0 Å². The molecule has 3 nitrogen and oxygen atoms in total. The highest BCUT2D eigenvalue weighted by molar-refractivity contribution is 6.33. The van der Waals surface area contributed by atoms with E-state index in [0.717, 1.165) is 12.0 Å². The molecule has 1 rings (SSSR count). The Labute approximate surface area is 121 Å². The molecular weight excluding hydrogens is 262 g/mol. The van der Waals surface area contributed by atoms with Gasteiger partial charge in [-0.3, -0.25) is 0 Å². The van der Waals surface area contributed by atoms with E-state index in [1.165, 1.54) is 0 Å². The fraction of sp³-hybridized carbons (Fsp3) is 0.600. The van der Waals surface area contributed by atoms with Crippen molar-refractivity contribution in [3.8, 4) is 11.5 Å². The molecule has 0 aliphatic heterocycles. The first-order valence-electron chi connectivity index (χ1n) is 6.50. The van der Waals surface area contributed by atoms with Gasteiger partial charge < -0.3 is 14.8 Å². The number of hydrogen-bond donors (Lipinski definition) is 1. The second-order valence-corrected chi connectivity index (χ2v) is 5.65. The zero-order valence-electron chi connectivity index (χ0n) is 12.6. The standard InChI is InChI=1S/C15H24ClNO2/c1-7-15(2,3)14(17-4)10-8-9-11(18-5)12(16)13(10)19-6/h8-9,14,17H,7H2,1-6H3. The summed E-state index contributed by atoms with van der Waals surface area (Å²) in [6, 6.07) is 4.06. The smallest absolute Gasteiger partial charge is 0.146 e. The van der Waals surface area contributed by atoms with Crippen LogP contribution in [0.5, 0.6) is 11.5 Å². The van der Waals surface area contributed by atoms with Gasteiger partial charge in [-0.25, -0.2) is 0 Å². The number of hydrogen-bond acceptors (Lipinski definition) is 3. The van der Waals surface area contributed by atoms with Crippen LogP contribution in [0.15, 0.2) is 12.1 Å². The van der Waals surface area contributed by atoms with Gasteiger partial charge >= 0.3 is 0 Å². The number of nitrogens with one attached hydrogen (secondary N) is 1. The van der Waals surface area contributed by atoms with E-state index in [1.54, 1.807) is 14.2 Å². The summed E-state index contributed by atoms with van der Waals surface area (Å²) >= 11 is 6.33. The van der Waals surface area contributed by atoms with Crippen molar-refractivity contribution >= 4 is 11.6 Å². The fourth-order valence-corrected chi connectivity index (χ4v) is 2.64. The zero-order chi connectivity index (χ0) is 14.6. The summed E-state index contributed by atoms with van der Waals surface area (Å²) < 4.78 is 10.7. The van der Waals surface area contributed by atoms with Gasteiger partial charge in [0.1, 0.15) is 16.5 Å². The third-order valence-corrected chi connectivity index (χ3v) is 4.17. The lowest BCUT2D eigenvalue weighted by atomic mass is 9.78. The lowest BCUT2D eigenvalue weighted by Crippen LogP contribution is -2.31. The summed E-state index contributed by atoms with van der Waals surface area (Å²) in [6.45, 7) is 6.64. The van der Waals surface area contributed by atoms with Gasteiger partial charge in [-0.1, -0.05) is 32.4 Å². The molecule has 19 heavy (non-hydrogen) atoms. The predicted molar refractivity (Wildman–Crippen MR) is 80.4 cm³/mol. The van der Waals surface area contributed by atoms with Crippen LogP contribution in [-0.2, 0) is 0 Å². The molecule has 108 valence electrons. The van der Waals surface area contributed by atoms with Crippen LogP contribution >= 0.6 is 11.6 Å². The summed E-state index contributed by atoms with van der Waals surface area (Å²) in [5.41, 5.74) is 1.16. The molecule has 0 saturated carbocycles. The van der Waals surface area contributed by atoms with Crippen molar-refractivity contribution in [2.45, 2.75) is 33.2 Å². The summed E-state index contributed by atoms with van der Waals surface area (Å²) in [6.07, 6.45) is 1.05. The van der Waals surface area contributed by atoms with E-state index in [0.29, 0.717) is 16.5 Å². The minimum absolute atomic E-state index is 0.0972. The summed E-state index contributed by atoms with van der Waals surface area (Å²) in [7, 11) is 5.20. The van der Waals surface area contributed by atoms with Crippen molar-refractivity contribution in [2.24, 2.45) is 5.41 Å². The number of rotatable bonds is 6. The molecule has 0 fully saturated rings. The summed E-state index contributed by atoms with van der Waals surface area (Å²) in [5.74, 6) is 1.31. The molecule has 0 saturated heterocycles. The van der Waals surface area contributed by atoms with E-state index in [1.807, 2.05) is 19.2 Å². The molecule has 0 aromatic heterocycles. The lowest BCUT2D eigenvalue weighted by Gasteiger charge is -2.34. The van der Waals surface area contributed by atoms with Crippen LogP contribution in [0.3, 0.4) is 0 Å². The maximum absolute atomic E-state index is 6.33. The molecule has 0 amide bonds. The molecule has 0 radical (unpaired) electrons. The van der Waals surface area contributed by atoms with Crippen LogP contribution in [0, 0.1) is 5.41 Å². The Kier molecular flexibility index (Phi) is 5.50. The van der Waals surface area contributed by atoms with Crippen molar-refractivity contribution < 1.29 is 9.47 Å². The topological polar surface area (TPSA) is 30.5 Å². The first-order chi connectivity index (χ1) is 8.92. The number of methoxy groups -OCH3 is 2. The molecule has 1 N–H and O–H groups in total. The number of benzene rings is 1. The van der Waals surface area contributed by atoms with Gasteiger partial charge in [-0.15, -0.1) is 0 Å². The van der Waals surface area contributed by atoms with Crippen molar-refractivity contribution in [2.75, 3.05) is 21.3 Å². The lowest BCUT2D eigenvalue weighted by molar-refractivity contribution is 0.239. The van der Waals surface area contributed by atoms with Crippen molar-refractivity contribution in [3.05, 3.63) is 22.7 Å². The van der Waals surface area contributed by atoms with Crippen LogP contribution in [-0.4, -0.2) is 21.3 Å². The molecule has 1 aromatic carbocycles. The van der Waals surface area contributed by atoms with Crippen molar-refractivity contribution in [1.29, 1.82) is 0 Å². The highest BCUT2D eigenvalue weighted by atomic mass is 35.5. The molecular formula is C15H24ClNO2. The van der Waals surface area contributed by atoms with E-state index in [-0.39, 0.29) is 11.5 Å². The minimum Gasteiger partial charge on any atom is -0.495 e. The van der Waals surface area contributed by atoms with Gasteiger partial charge in [0.2, 0.25) is 0 Å². The van der Waals surface area contributed by atoms with Crippen LogP contribution < -0.4 is 14.8 Å². The Bertz CT molecular complexity index is 432. The van der Waals surface area contributed by atoms with E-state index in [4.69, 9.17) is 21.1 Å². The van der Waals surface area contributed by atoms with E-state index in [2.05, 4.69) is 26.1 Å². The number of halogens is 1. The van der Waals surface area contributed by atoms with E-state index >= 15 is 0 Å². The van der Waals surface area contributed by atoms with Crippen LogP contribution in [0.4, 0.5) is 0 Å². The summed E-state index contributed by atoms with van der Waals surface area (Å²) in [4.78, 5) is 0. The normalized spacial score (nSPS) is 13.2. The average molecular weight is 286 g/mol. The maximum Gasteiger partial charge on any atom is 0.146 e. The molecule has 0 aliphatic rings. The predicted octanol–water partition coefficient (Wildman–Crippen LogP) is 4.05. The highest BCUT2D eigenvalue weighted by Crippen LogP contribution is 2.45. The first kappa shape index (κ1) is 16.1. The van der Waals surface area contributed by atoms with Crippen molar-refractivity contribution in [3.63, 3.8) is 0 Å². The third-order valence-electron chi connectivity index (χ3n) is 3.81. The van der Waals surface area contributed by atoms with Gasteiger partial charge in [-0.2, -0.15) is 0 Å². The second kappa shape index (κ2) is 6.49. The number of ether oxygens (including phenoxy) is 2. The minimum atomic E-state index is 0.0972. The quantitative estimate of drug-likeness (QED) is 0.855. The first-order valence-corrected chi connectivity index (χ1v) is 6.88. The molecule has 1 aromatic rings. The van der Waals surface area contributed by atoms with Gasteiger partial charge in [0, 0.05) is 11.6 Å². The van der Waals surface area contributed by atoms with Gasteiger partial charge in [0.25, 0.3) is 0 Å². The molecule has 0 bridgehead atoms. The van der Waals surface area contributed by atoms with Gasteiger partial charge in [0.05, 0.1) is 14.2 Å². The zero-order valence-corrected chi connectivity index (χ0v) is 13.4. The van der Waals surface area contributed by atoms with Gasteiger partial charge in [-0.05, 0) is 31.0 Å². The van der Waals surface area contributed by atoms with Crippen LogP contribution in [0.25, 0.3) is 0 Å². The SMILES string of the molecule is CCC(C)(C)C(NC)c1ccc(OC)c(Cl)c1OC. The monoisotopic (exact) mass is 285 g/mol. The highest BCUT2D eigenvalue weighted by Gasteiger charge is 2.31. The fourth-order valence-electron chi connectivity index (χ4n) is 2.32. The van der Waals surface area contributed by atoms with E-state index in [9.17, 15) is 0 Å². The molecule has 4 heteroatoms. The Balaban J connectivity index is 3.36.